The van der Waals surface area contributed by atoms with E-state index >= 15 is 0 Å². The van der Waals surface area contributed by atoms with E-state index in [9.17, 15) is 4.79 Å². The Morgan fingerprint density at radius 3 is 2.52 bits per heavy atom. The Bertz CT molecular complexity index is 1140. The van der Waals surface area contributed by atoms with Gasteiger partial charge in [-0.3, -0.25) is 4.79 Å². The molecule has 3 aromatic carbocycles. The minimum atomic E-state index is 0.0250. The Kier molecular flexibility index (Phi) is 6.42. The van der Waals surface area contributed by atoms with Crippen molar-refractivity contribution in [2.45, 2.75) is 29.6 Å². The Hall–Kier alpha value is -3.05. The Morgan fingerprint density at radius 2 is 1.74 bits per heavy atom. The number of carbonyl (C=O) groups is 1. The lowest BCUT2D eigenvalue weighted by Gasteiger charge is -2.17. The third kappa shape index (κ3) is 4.37. The smallest absolute Gasteiger partial charge is 0.253 e. The summed E-state index contributed by atoms with van der Waals surface area (Å²) in [6.45, 7) is 2.88. The monoisotopic (exact) mass is 430 g/mol. The maximum Gasteiger partial charge on any atom is 0.253 e. The number of methoxy groups -OCH3 is 1. The van der Waals surface area contributed by atoms with Crippen LogP contribution in [-0.4, -0.2) is 37.2 Å². The molecule has 4 nitrogen and oxygen atoms in total. The summed E-state index contributed by atoms with van der Waals surface area (Å²) in [5.74, 6) is 0.799. The van der Waals surface area contributed by atoms with E-state index in [0.29, 0.717) is 5.56 Å². The molecule has 1 aliphatic rings. The second kappa shape index (κ2) is 9.40. The van der Waals surface area contributed by atoms with Gasteiger partial charge in [0.15, 0.2) is 0 Å². The van der Waals surface area contributed by atoms with E-state index in [1.54, 1.807) is 23.8 Å². The molecule has 0 aliphatic carbocycles. The minimum Gasteiger partial charge on any atom is -0.496 e. The van der Waals surface area contributed by atoms with Crippen molar-refractivity contribution in [1.82, 2.24) is 4.90 Å². The Labute approximate surface area is 188 Å². The van der Waals surface area contributed by atoms with E-state index in [4.69, 9.17) is 9.73 Å². The van der Waals surface area contributed by atoms with Gasteiger partial charge in [0.25, 0.3) is 5.91 Å². The fraction of sp³-hybridized carbons (Fsp3) is 0.231. The molecule has 0 N–H and O–H groups in total. The number of amides is 1. The average Bonchev–Trinajstić information content (AvgIpc) is 2.98. The normalized spacial score (nSPS) is 12.3. The predicted molar refractivity (Wildman–Crippen MR) is 127 cm³/mol. The van der Waals surface area contributed by atoms with Crippen molar-refractivity contribution in [2.75, 3.05) is 20.7 Å². The topological polar surface area (TPSA) is 41.9 Å². The number of aliphatic imine (C=N–C) groups is 1. The maximum absolute atomic E-state index is 12.9. The van der Waals surface area contributed by atoms with E-state index in [1.165, 1.54) is 0 Å². The second-order valence-corrected chi connectivity index (χ2v) is 8.61. The standard InChI is InChI=1S/C26H26N2O2S/c1-4-5-16-28(2)26(29)18-14-15-24-21(17-18)27-25(19-10-6-8-12-22(19)30-3)20-11-7-9-13-23(20)31-24/h6-15,17H,4-5,16H2,1-3H3. The molecule has 0 unspecified atom stereocenters. The fourth-order valence-electron chi connectivity index (χ4n) is 3.64. The van der Waals surface area contributed by atoms with Gasteiger partial charge in [0.2, 0.25) is 0 Å². The highest BCUT2D eigenvalue weighted by Gasteiger charge is 2.22. The molecule has 0 saturated heterocycles. The van der Waals surface area contributed by atoms with Gasteiger partial charge in [-0.1, -0.05) is 55.4 Å². The third-order valence-corrected chi connectivity index (χ3v) is 6.50. The lowest BCUT2D eigenvalue weighted by Crippen LogP contribution is -2.27. The fourth-order valence-corrected chi connectivity index (χ4v) is 4.64. The number of hydrogen-bond donors (Lipinski definition) is 0. The molecule has 0 bridgehead atoms. The quantitative estimate of drug-likeness (QED) is 0.366. The van der Waals surface area contributed by atoms with Gasteiger partial charge in [-0.2, -0.15) is 0 Å². The molecule has 0 saturated carbocycles. The zero-order valence-corrected chi connectivity index (χ0v) is 18.9. The van der Waals surface area contributed by atoms with Crippen LogP contribution in [0.3, 0.4) is 0 Å². The number of hydrogen-bond acceptors (Lipinski definition) is 4. The highest BCUT2D eigenvalue weighted by atomic mass is 32.2. The number of benzene rings is 3. The summed E-state index contributed by atoms with van der Waals surface area (Å²) in [6, 6.07) is 22.0. The van der Waals surface area contributed by atoms with Crippen molar-refractivity contribution >= 4 is 29.1 Å². The number of fused-ring (bicyclic) bond motifs is 2. The summed E-state index contributed by atoms with van der Waals surface area (Å²) in [4.78, 5) is 22.0. The van der Waals surface area contributed by atoms with Crippen LogP contribution in [0.1, 0.15) is 41.3 Å². The highest BCUT2D eigenvalue weighted by Crippen LogP contribution is 2.42. The van der Waals surface area contributed by atoms with Crippen molar-refractivity contribution in [3.63, 3.8) is 0 Å². The van der Waals surface area contributed by atoms with Gasteiger partial charge in [-0.15, -0.1) is 0 Å². The minimum absolute atomic E-state index is 0.0250. The lowest BCUT2D eigenvalue weighted by molar-refractivity contribution is 0.0793. The molecule has 158 valence electrons. The van der Waals surface area contributed by atoms with Crippen LogP contribution in [0.5, 0.6) is 5.75 Å². The van der Waals surface area contributed by atoms with Gasteiger partial charge in [0.05, 0.1) is 18.5 Å². The van der Waals surface area contributed by atoms with E-state index in [1.807, 2.05) is 61.6 Å². The van der Waals surface area contributed by atoms with E-state index < -0.39 is 0 Å². The van der Waals surface area contributed by atoms with Crippen LogP contribution in [0.4, 0.5) is 5.69 Å². The van der Waals surface area contributed by atoms with Gasteiger partial charge in [0.1, 0.15) is 5.75 Å². The molecule has 1 heterocycles. The lowest BCUT2D eigenvalue weighted by atomic mass is 10.0. The summed E-state index contributed by atoms with van der Waals surface area (Å²) in [6.07, 6.45) is 2.05. The van der Waals surface area contributed by atoms with Crippen LogP contribution in [-0.2, 0) is 0 Å². The number of unbranched alkanes of at least 4 members (excludes halogenated alkanes) is 1. The van der Waals surface area contributed by atoms with Gasteiger partial charge in [-0.25, -0.2) is 4.99 Å². The summed E-state index contributed by atoms with van der Waals surface area (Å²) in [5, 5.41) is 0. The van der Waals surface area contributed by atoms with Crippen LogP contribution < -0.4 is 4.74 Å². The number of nitrogens with zero attached hydrogens (tertiary/aromatic N) is 2. The van der Waals surface area contributed by atoms with Crippen molar-refractivity contribution in [2.24, 2.45) is 4.99 Å². The molecule has 5 heteroatoms. The first-order chi connectivity index (χ1) is 15.1. The molecular formula is C26H26N2O2S. The molecular weight excluding hydrogens is 404 g/mol. The Balaban J connectivity index is 1.83. The first kappa shape index (κ1) is 21.2. The SMILES string of the molecule is CCCCN(C)C(=O)c1ccc2c(c1)N=C(c1ccccc1OC)c1ccccc1S2. The summed E-state index contributed by atoms with van der Waals surface area (Å²) in [7, 11) is 3.53. The largest absolute Gasteiger partial charge is 0.496 e. The maximum atomic E-state index is 12.9. The first-order valence-corrected chi connectivity index (χ1v) is 11.3. The molecule has 0 spiro atoms. The van der Waals surface area contributed by atoms with Gasteiger partial charge < -0.3 is 9.64 Å². The van der Waals surface area contributed by atoms with Gasteiger partial charge in [-0.05, 0) is 42.8 Å². The molecule has 1 amide bonds. The second-order valence-electron chi connectivity index (χ2n) is 7.52. The van der Waals surface area contributed by atoms with Crippen LogP contribution in [0.2, 0.25) is 0 Å². The van der Waals surface area contributed by atoms with Gasteiger partial charge in [0, 0.05) is 40.1 Å². The summed E-state index contributed by atoms with van der Waals surface area (Å²) < 4.78 is 5.62. The van der Waals surface area contributed by atoms with E-state index in [0.717, 1.165) is 57.5 Å². The number of rotatable bonds is 6. The number of ether oxygens (including phenoxy) is 1. The highest BCUT2D eigenvalue weighted by molar-refractivity contribution is 7.99. The summed E-state index contributed by atoms with van der Waals surface area (Å²) in [5.41, 5.74) is 4.30. The third-order valence-electron chi connectivity index (χ3n) is 5.36. The van der Waals surface area contributed by atoms with Crippen LogP contribution >= 0.6 is 11.8 Å². The zero-order valence-electron chi connectivity index (χ0n) is 18.1. The van der Waals surface area contributed by atoms with Crippen LogP contribution in [0.25, 0.3) is 0 Å². The van der Waals surface area contributed by atoms with Crippen molar-refractivity contribution in [3.05, 3.63) is 83.4 Å². The first-order valence-electron chi connectivity index (χ1n) is 10.5. The molecule has 31 heavy (non-hydrogen) atoms. The van der Waals surface area contributed by atoms with E-state index in [-0.39, 0.29) is 5.91 Å². The molecule has 3 aromatic rings. The van der Waals surface area contributed by atoms with Crippen LogP contribution in [0.15, 0.2) is 81.5 Å². The van der Waals surface area contributed by atoms with Crippen LogP contribution in [0, 0.1) is 0 Å². The van der Waals surface area contributed by atoms with Crippen molar-refractivity contribution < 1.29 is 9.53 Å². The Morgan fingerprint density at radius 1 is 1.00 bits per heavy atom. The van der Waals surface area contributed by atoms with E-state index in [2.05, 4.69) is 19.1 Å². The molecule has 0 radical (unpaired) electrons. The molecule has 0 aromatic heterocycles. The van der Waals surface area contributed by atoms with Crippen molar-refractivity contribution in [3.8, 4) is 5.75 Å². The summed E-state index contributed by atoms with van der Waals surface area (Å²) >= 11 is 1.68. The molecule has 0 fully saturated rings. The van der Waals surface area contributed by atoms with Gasteiger partial charge >= 0.3 is 0 Å². The van der Waals surface area contributed by atoms with Crippen molar-refractivity contribution in [1.29, 1.82) is 0 Å². The average molecular weight is 431 g/mol. The molecule has 4 rings (SSSR count). The number of para-hydroxylation sites is 1. The molecule has 0 atom stereocenters. The zero-order chi connectivity index (χ0) is 21.8. The predicted octanol–water partition coefficient (Wildman–Crippen LogP) is 6.20. The number of carbonyl (C=O) groups excluding carboxylic acids is 1. The molecule has 1 aliphatic heterocycles.